The van der Waals surface area contributed by atoms with Gasteiger partial charge in [-0.1, -0.05) is 6.07 Å². The first-order valence-corrected chi connectivity index (χ1v) is 8.44. The van der Waals surface area contributed by atoms with E-state index in [0.29, 0.717) is 5.75 Å². The monoisotopic (exact) mass is 317 g/mol. The number of nitrogens with one attached hydrogen (secondary N) is 1. The van der Waals surface area contributed by atoms with Crippen molar-refractivity contribution in [3.63, 3.8) is 0 Å². The molecule has 1 unspecified atom stereocenters. The highest BCUT2D eigenvalue weighted by atomic mass is 16.6. The van der Waals surface area contributed by atoms with Gasteiger partial charge in [-0.3, -0.25) is 10.1 Å². The zero-order valence-electron chi connectivity index (χ0n) is 13.5. The Labute approximate surface area is 136 Å². The van der Waals surface area contributed by atoms with Crippen molar-refractivity contribution in [3.05, 3.63) is 33.9 Å². The molecule has 3 aliphatic rings. The van der Waals surface area contributed by atoms with Crippen LogP contribution in [0.5, 0.6) is 5.75 Å². The van der Waals surface area contributed by atoms with E-state index in [1.807, 2.05) is 6.07 Å². The molecule has 2 aliphatic heterocycles. The van der Waals surface area contributed by atoms with Crippen LogP contribution in [0.4, 0.5) is 5.69 Å². The van der Waals surface area contributed by atoms with E-state index in [4.69, 9.17) is 4.74 Å². The number of nitrogens with zero attached hydrogens (tertiary/aromatic N) is 2. The Kier molecular flexibility index (Phi) is 3.54. The second kappa shape index (κ2) is 5.46. The Morgan fingerprint density at radius 1 is 1.35 bits per heavy atom. The Morgan fingerprint density at radius 2 is 2.09 bits per heavy atom. The predicted octanol–water partition coefficient (Wildman–Crippen LogP) is 2.49. The molecule has 1 atom stereocenters. The zero-order valence-corrected chi connectivity index (χ0v) is 13.5. The van der Waals surface area contributed by atoms with Crippen LogP contribution in [0, 0.1) is 15.5 Å². The predicted molar refractivity (Wildman–Crippen MR) is 86.7 cm³/mol. The van der Waals surface area contributed by atoms with Gasteiger partial charge < -0.3 is 15.0 Å². The molecule has 124 valence electrons. The van der Waals surface area contributed by atoms with Crippen LogP contribution in [0.3, 0.4) is 0 Å². The molecule has 1 aromatic rings. The lowest BCUT2D eigenvalue weighted by atomic mass is 9.65. The van der Waals surface area contributed by atoms with Crippen molar-refractivity contribution < 1.29 is 9.66 Å². The fraction of sp³-hybridized carbons (Fsp3) is 0.647. The molecule has 6 nitrogen and oxygen atoms in total. The second-order valence-corrected chi connectivity index (χ2v) is 7.28. The van der Waals surface area contributed by atoms with Gasteiger partial charge in [0.05, 0.1) is 11.0 Å². The zero-order chi connectivity index (χ0) is 16.0. The van der Waals surface area contributed by atoms with Crippen molar-refractivity contribution in [2.45, 2.75) is 37.8 Å². The maximum Gasteiger partial charge on any atom is 0.311 e. The molecule has 1 N–H and O–H groups in total. The van der Waals surface area contributed by atoms with Crippen molar-refractivity contribution in [1.82, 2.24) is 10.2 Å². The van der Waals surface area contributed by atoms with Crippen molar-refractivity contribution >= 4 is 5.69 Å². The van der Waals surface area contributed by atoms with Crippen LogP contribution < -0.4 is 10.1 Å². The summed E-state index contributed by atoms with van der Waals surface area (Å²) in [6.45, 7) is 3.21. The quantitative estimate of drug-likeness (QED) is 0.682. The smallest absolute Gasteiger partial charge is 0.311 e. The Bertz CT molecular complexity index is 622. The molecule has 0 radical (unpaired) electrons. The lowest BCUT2D eigenvalue weighted by Gasteiger charge is -2.54. The number of hydrogen-bond donors (Lipinski definition) is 1. The SMILES string of the molecule is CN1CCC2(CC1)CNC2c1ccc(OC2CC2)c([N+](=O)[O-])c1. The Morgan fingerprint density at radius 3 is 2.65 bits per heavy atom. The number of rotatable bonds is 4. The summed E-state index contributed by atoms with van der Waals surface area (Å²) >= 11 is 0. The van der Waals surface area contributed by atoms with Gasteiger partial charge in [-0.15, -0.1) is 0 Å². The second-order valence-electron chi connectivity index (χ2n) is 7.28. The number of ether oxygens (including phenoxy) is 1. The number of hydrogen-bond acceptors (Lipinski definition) is 5. The summed E-state index contributed by atoms with van der Waals surface area (Å²) in [5, 5.41) is 14.9. The third-order valence-electron chi connectivity index (χ3n) is 5.58. The lowest BCUT2D eigenvalue weighted by molar-refractivity contribution is -0.386. The summed E-state index contributed by atoms with van der Waals surface area (Å²) in [7, 11) is 2.16. The van der Waals surface area contributed by atoms with Crippen LogP contribution in [0.25, 0.3) is 0 Å². The molecule has 3 fully saturated rings. The average molecular weight is 317 g/mol. The third kappa shape index (κ3) is 2.70. The number of piperidine rings is 1. The van der Waals surface area contributed by atoms with Crippen LogP contribution in [-0.2, 0) is 0 Å². The minimum atomic E-state index is -0.318. The maximum atomic E-state index is 11.4. The molecule has 1 saturated carbocycles. The first-order chi connectivity index (χ1) is 11.1. The standard InChI is InChI=1S/C17H23N3O3/c1-19-8-6-17(7-9-19)11-18-16(17)12-2-5-15(23-13-3-4-13)14(10-12)20(21)22/h2,5,10,13,16,18H,3-4,6-9,11H2,1H3. The number of nitro benzene ring substituents is 1. The molecular weight excluding hydrogens is 294 g/mol. The van der Waals surface area contributed by atoms with Crippen LogP contribution >= 0.6 is 0 Å². The van der Waals surface area contributed by atoms with Crippen LogP contribution in [-0.4, -0.2) is 42.6 Å². The third-order valence-corrected chi connectivity index (χ3v) is 5.58. The topological polar surface area (TPSA) is 67.6 Å². The maximum absolute atomic E-state index is 11.4. The summed E-state index contributed by atoms with van der Waals surface area (Å²) in [6, 6.07) is 5.73. The van der Waals surface area contributed by atoms with Gasteiger partial charge in [-0.05, 0) is 57.5 Å². The molecule has 4 rings (SSSR count). The summed E-state index contributed by atoms with van der Waals surface area (Å²) in [4.78, 5) is 13.5. The normalized spacial score (nSPS) is 26.7. The van der Waals surface area contributed by atoms with E-state index >= 15 is 0 Å². The summed E-state index contributed by atoms with van der Waals surface area (Å²) in [6.07, 6.45) is 4.46. The van der Waals surface area contributed by atoms with E-state index in [1.165, 1.54) is 0 Å². The molecule has 23 heavy (non-hydrogen) atoms. The highest BCUT2D eigenvalue weighted by molar-refractivity contribution is 5.50. The lowest BCUT2D eigenvalue weighted by Crippen LogP contribution is -2.59. The molecule has 0 bridgehead atoms. The van der Waals surface area contributed by atoms with Gasteiger partial charge in [-0.2, -0.15) is 0 Å². The van der Waals surface area contributed by atoms with Gasteiger partial charge >= 0.3 is 5.69 Å². The average Bonchev–Trinajstić information content (AvgIpc) is 3.32. The molecule has 0 amide bonds. The van der Waals surface area contributed by atoms with Crippen LogP contribution in [0.15, 0.2) is 18.2 Å². The van der Waals surface area contributed by atoms with Gasteiger partial charge in [0.15, 0.2) is 5.75 Å². The Hall–Kier alpha value is -1.66. The number of benzene rings is 1. The van der Waals surface area contributed by atoms with Crippen molar-refractivity contribution in [3.8, 4) is 5.75 Å². The fourth-order valence-electron chi connectivity index (χ4n) is 3.82. The molecular formula is C17H23N3O3. The van der Waals surface area contributed by atoms with E-state index in [-0.39, 0.29) is 28.2 Å². The molecule has 1 aliphatic carbocycles. The van der Waals surface area contributed by atoms with E-state index in [9.17, 15) is 10.1 Å². The fourth-order valence-corrected chi connectivity index (χ4v) is 3.82. The van der Waals surface area contributed by atoms with Gasteiger partial charge in [0.25, 0.3) is 0 Å². The van der Waals surface area contributed by atoms with E-state index in [1.54, 1.807) is 12.1 Å². The number of likely N-dealkylation sites (tertiary alicyclic amines) is 1. The molecule has 2 saturated heterocycles. The largest absolute Gasteiger partial charge is 0.483 e. The minimum absolute atomic E-state index is 0.103. The van der Waals surface area contributed by atoms with Crippen LogP contribution in [0.1, 0.15) is 37.3 Å². The minimum Gasteiger partial charge on any atom is -0.483 e. The summed E-state index contributed by atoms with van der Waals surface area (Å²) < 4.78 is 5.69. The van der Waals surface area contributed by atoms with E-state index in [2.05, 4.69) is 17.3 Å². The van der Waals surface area contributed by atoms with E-state index in [0.717, 1.165) is 50.9 Å². The summed E-state index contributed by atoms with van der Waals surface area (Å²) in [5.74, 6) is 0.415. The highest BCUT2D eigenvalue weighted by Gasteiger charge is 2.48. The highest BCUT2D eigenvalue weighted by Crippen LogP contribution is 2.49. The summed E-state index contributed by atoms with van der Waals surface area (Å²) in [5.41, 5.74) is 1.39. The molecule has 0 aromatic heterocycles. The van der Waals surface area contributed by atoms with Gasteiger partial charge in [0, 0.05) is 24.1 Å². The first kappa shape index (κ1) is 14.9. The van der Waals surface area contributed by atoms with Gasteiger partial charge in [-0.25, -0.2) is 0 Å². The molecule has 1 spiro atoms. The molecule has 2 heterocycles. The van der Waals surface area contributed by atoms with Gasteiger partial charge in [0.1, 0.15) is 0 Å². The number of nitro groups is 1. The first-order valence-electron chi connectivity index (χ1n) is 8.44. The molecule has 1 aromatic carbocycles. The Balaban J connectivity index is 1.59. The van der Waals surface area contributed by atoms with Crippen LogP contribution in [0.2, 0.25) is 0 Å². The van der Waals surface area contributed by atoms with E-state index < -0.39 is 0 Å². The molecule has 6 heteroatoms. The van der Waals surface area contributed by atoms with Crippen molar-refractivity contribution in [1.29, 1.82) is 0 Å². The van der Waals surface area contributed by atoms with Crippen molar-refractivity contribution in [2.75, 3.05) is 26.7 Å². The van der Waals surface area contributed by atoms with Crippen molar-refractivity contribution in [2.24, 2.45) is 5.41 Å². The van der Waals surface area contributed by atoms with Gasteiger partial charge in [0.2, 0.25) is 0 Å².